The van der Waals surface area contributed by atoms with Crippen molar-refractivity contribution in [3.8, 4) is 22.5 Å². The van der Waals surface area contributed by atoms with Gasteiger partial charge < -0.3 is 23.8 Å². The second-order valence-corrected chi connectivity index (χ2v) is 21.4. The van der Waals surface area contributed by atoms with Crippen LogP contribution in [0.1, 0.15) is 102 Å². The quantitative estimate of drug-likeness (QED) is 0.215. The molecule has 2 aliphatic carbocycles. The highest BCUT2D eigenvalue weighted by molar-refractivity contribution is 5.95. The van der Waals surface area contributed by atoms with E-state index in [4.69, 9.17) is 23.9 Å². The molecule has 4 aromatic rings. The number of carbonyl (C=O) groups excluding carboxylic acids is 3. The summed E-state index contributed by atoms with van der Waals surface area (Å²) in [5, 5.41) is 5.87. The molecule has 5 aliphatic heterocycles. The number of oxazole rings is 1. The number of nitrogens with one attached hydrogen (secondary N) is 2. The van der Waals surface area contributed by atoms with Crippen molar-refractivity contribution >= 4 is 28.7 Å². The maximum absolute atomic E-state index is 15.1. The molecule has 8 heterocycles. The van der Waals surface area contributed by atoms with E-state index in [0.717, 1.165) is 65.0 Å². The topological polar surface area (TPSA) is 151 Å². The van der Waals surface area contributed by atoms with Gasteiger partial charge in [-0.3, -0.25) is 39.1 Å². The average Bonchev–Trinajstić information content (AvgIpc) is 4.12. The van der Waals surface area contributed by atoms with Crippen LogP contribution in [0.25, 0.3) is 33.4 Å². The number of hydrogen-bond donors (Lipinski definition) is 2. The third kappa shape index (κ3) is 7.40. The molecule has 6 bridgehead atoms. The molecular formula is C50H65N9O6. The number of rotatable bonds is 8. The Labute approximate surface area is 381 Å². The smallest absolute Gasteiger partial charge is 0.324 e. The number of hydrazine groups is 1. The van der Waals surface area contributed by atoms with Crippen LogP contribution in [-0.4, -0.2) is 136 Å². The van der Waals surface area contributed by atoms with Crippen LogP contribution in [-0.2, 0) is 30.3 Å². The summed E-state index contributed by atoms with van der Waals surface area (Å²) in [5.41, 5.74) is 9.64. The monoisotopic (exact) mass is 888 g/mol. The number of nitrogens with zero attached hydrogens (tertiary/aromatic N) is 7. The van der Waals surface area contributed by atoms with Gasteiger partial charge in [-0.25, -0.2) is 10.4 Å². The Bertz CT molecular complexity index is 2510. The Kier molecular flexibility index (Phi) is 10.6. The molecule has 1 unspecified atom stereocenters. The molecule has 6 fully saturated rings. The standard InChI is InChI=1S/C50H65N9O6/c1-28-29(2)40(28)45(60)53-42-44(57-25-50(26-57)16-19-55(50)6)46-52-38(24-64-46)31-12-15-39-35(20-31)36(21-49(4,5)27-65-48(62)37-11-9-18-58(54-37)47(42)61)43(34-10-8-17-51-41(34)30(3)63-7)59(39)33-22-56(23-33)32-13-14-32/h8,10,12,15,17,20,24,28-30,32-33,37,40,42,44,54H,9,11,13-14,16,18-19,21-23,25-27H2,1-7H3,(H,53,60)/t28-,29+,30-,37-,40?,42-,44-/m0/s1. The normalized spacial score (nSPS) is 30.0. The zero-order valence-corrected chi connectivity index (χ0v) is 39.0. The van der Waals surface area contributed by atoms with Crippen molar-refractivity contribution in [1.82, 2.24) is 45.0 Å². The van der Waals surface area contributed by atoms with Crippen molar-refractivity contribution in [2.45, 2.75) is 115 Å². The number of amides is 2. The van der Waals surface area contributed by atoms with Crippen LogP contribution in [0.3, 0.4) is 0 Å². The molecule has 11 rings (SSSR count). The van der Waals surface area contributed by atoms with E-state index in [9.17, 15) is 9.59 Å². The summed E-state index contributed by atoms with van der Waals surface area (Å²) >= 11 is 0. The van der Waals surface area contributed by atoms with Crippen LogP contribution >= 0.6 is 0 Å². The molecule has 3 aromatic heterocycles. The lowest BCUT2D eigenvalue weighted by Crippen LogP contribution is -2.77. The SMILES string of the molecule is CO[C@@H](C)c1ncccc1-c1c2c3cc(ccc3n1C1CN(C3CC3)C1)-c1coc(n1)[C@@H](N1CC3(CCN3C)C1)[C@H](NC(=O)C1[C@@H](C)[C@H]1C)C(=O)N1CCC[C@H](N1)C(=O)OCC(C)(C)C2. The van der Waals surface area contributed by atoms with Crippen molar-refractivity contribution in [1.29, 1.82) is 0 Å². The summed E-state index contributed by atoms with van der Waals surface area (Å²) in [6.45, 7) is 15.5. The van der Waals surface area contributed by atoms with E-state index in [2.05, 4.69) is 89.0 Å². The van der Waals surface area contributed by atoms with Gasteiger partial charge in [0.25, 0.3) is 5.91 Å². The molecule has 65 heavy (non-hydrogen) atoms. The largest absolute Gasteiger partial charge is 0.464 e. The van der Waals surface area contributed by atoms with Crippen molar-refractivity contribution in [2.24, 2.45) is 23.2 Å². The number of cyclic esters (lactones) is 1. The molecule has 346 valence electrons. The summed E-state index contributed by atoms with van der Waals surface area (Å²) in [4.78, 5) is 60.7. The van der Waals surface area contributed by atoms with E-state index < -0.39 is 29.5 Å². The van der Waals surface area contributed by atoms with Gasteiger partial charge in [-0.05, 0) is 94.2 Å². The van der Waals surface area contributed by atoms with E-state index in [1.807, 2.05) is 19.2 Å². The highest BCUT2D eigenvalue weighted by Gasteiger charge is 2.57. The summed E-state index contributed by atoms with van der Waals surface area (Å²) in [6, 6.07) is 9.25. The van der Waals surface area contributed by atoms with Gasteiger partial charge in [0.15, 0.2) is 0 Å². The average molecular weight is 888 g/mol. The minimum absolute atomic E-state index is 0.0160. The van der Waals surface area contributed by atoms with Crippen molar-refractivity contribution in [3.63, 3.8) is 0 Å². The van der Waals surface area contributed by atoms with Crippen molar-refractivity contribution in [2.75, 3.05) is 60.0 Å². The molecule has 4 saturated heterocycles. The van der Waals surface area contributed by atoms with Gasteiger partial charge in [-0.15, -0.1) is 0 Å². The maximum atomic E-state index is 15.1. The number of ether oxygens (including phenoxy) is 2. The number of carbonyl (C=O) groups is 3. The third-order valence-corrected chi connectivity index (χ3v) is 16.4. The van der Waals surface area contributed by atoms with Gasteiger partial charge in [-0.2, -0.15) is 0 Å². The molecule has 15 nitrogen and oxygen atoms in total. The molecule has 2 saturated carbocycles. The Balaban J connectivity index is 1.07. The first-order valence-corrected chi connectivity index (χ1v) is 24.1. The Morgan fingerprint density at radius 1 is 1.03 bits per heavy atom. The molecule has 1 spiro atoms. The predicted octanol–water partition coefficient (Wildman–Crippen LogP) is 5.52. The molecule has 7 atom stereocenters. The number of likely N-dealkylation sites (N-methyl/N-ethyl adjacent to an activating group) is 1. The number of hydrogen-bond acceptors (Lipinski definition) is 12. The highest BCUT2D eigenvalue weighted by Crippen LogP contribution is 2.49. The van der Waals surface area contributed by atoms with Gasteiger partial charge >= 0.3 is 5.97 Å². The number of esters is 1. The van der Waals surface area contributed by atoms with Crippen LogP contribution < -0.4 is 10.7 Å². The van der Waals surface area contributed by atoms with Gasteiger partial charge in [-0.1, -0.05) is 33.8 Å². The first-order chi connectivity index (χ1) is 31.2. The van der Waals surface area contributed by atoms with Crippen LogP contribution in [0.2, 0.25) is 0 Å². The van der Waals surface area contributed by atoms with E-state index in [0.29, 0.717) is 56.5 Å². The van der Waals surface area contributed by atoms with Crippen LogP contribution in [0.5, 0.6) is 0 Å². The first kappa shape index (κ1) is 42.9. The number of aromatic nitrogens is 3. The molecule has 1 aromatic carbocycles. The summed E-state index contributed by atoms with van der Waals surface area (Å²) in [7, 11) is 3.88. The van der Waals surface area contributed by atoms with Crippen LogP contribution in [0, 0.1) is 23.2 Å². The third-order valence-electron chi connectivity index (χ3n) is 16.4. The fourth-order valence-corrected chi connectivity index (χ4v) is 11.7. The lowest BCUT2D eigenvalue weighted by molar-refractivity contribution is -0.160. The Morgan fingerprint density at radius 3 is 2.51 bits per heavy atom. The molecule has 15 heteroatoms. The fourth-order valence-electron chi connectivity index (χ4n) is 11.7. The number of fused-ring (bicyclic) bond motifs is 6. The summed E-state index contributed by atoms with van der Waals surface area (Å²) in [5.74, 6) is -0.235. The maximum Gasteiger partial charge on any atom is 0.324 e. The van der Waals surface area contributed by atoms with Gasteiger partial charge in [0.2, 0.25) is 11.8 Å². The van der Waals surface area contributed by atoms with Crippen LogP contribution in [0.4, 0.5) is 0 Å². The van der Waals surface area contributed by atoms with Gasteiger partial charge in [0.1, 0.15) is 30.1 Å². The molecule has 2 amide bonds. The van der Waals surface area contributed by atoms with Gasteiger partial charge in [0.05, 0.1) is 30.1 Å². The lowest BCUT2D eigenvalue weighted by Gasteiger charge is -2.63. The van der Waals surface area contributed by atoms with Crippen molar-refractivity contribution < 1.29 is 28.3 Å². The highest BCUT2D eigenvalue weighted by atomic mass is 16.5. The van der Waals surface area contributed by atoms with Gasteiger partial charge in [0, 0.05) is 97.5 Å². The second kappa shape index (κ2) is 16.0. The minimum Gasteiger partial charge on any atom is -0.464 e. The Morgan fingerprint density at radius 2 is 1.82 bits per heavy atom. The second-order valence-electron chi connectivity index (χ2n) is 21.4. The Hall–Kier alpha value is -4.67. The van der Waals surface area contributed by atoms with E-state index >= 15 is 4.79 Å². The first-order valence-electron chi connectivity index (χ1n) is 24.1. The summed E-state index contributed by atoms with van der Waals surface area (Å²) < 4.78 is 21.3. The zero-order valence-electron chi connectivity index (χ0n) is 39.0. The van der Waals surface area contributed by atoms with Crippen LogP contribution in [0.15, 0.2) is 47.2 Å². The number of likely N-dealkylation sites (tertiary alicyclic amines) is 3. The van der Waals surface area contributed by atoms with E-state index in [-0.39, 0.29) is 53.9 Å². The lowest BCUT2D eigenvalue weighted by atomic mass is 9.76. The molecule has 2 N–H and O–H groups in total. The number of benzene rings is 1. The molecule has 0 radical (unpaired) electrons. The molecule has 7 aliphatic rings. The van der Waals surface area contributed by atoms with Crippen molar-refractivity contribution in [3.05, 3.63) is 59.9 Å². The zero-order chi connectivity index (χ0) is 45.1. The van der Waals surface area contributed by atoms with E-state index in [1.54, 1.807) is 13.4 Å². The fraction of sp³-hybridized carbons (Fsp3) is 0.620. The molecular weight excluding hydrogens is 823 g/mol. The number of pyridine rings is 1. The van der Waals surface area contributed by atoms with E-state index in [1.165, 1.54) is 17.9 Å². The summed E-state index contributed by atoms with van der Waals surface area (Å²) in [6.07, 6.45) is 8.61. The number of methoxy groups -OCH3 is 1. The minimum atomic E-state index is -1.02. The predicted molar refractivity (Wildman–Crippen MR) is 244 cm³/mol.